The summed E-state index contributed by atoms with van der Waals surface area (Å²) in [5.74, 6) is 1.49. The molecule has 1 aliphatic rings. The molecular formula is C11H19N3S2. The average molecular weight is 257 g/mol. The lowest BCUT2D eigenvalue weighted by Gasteiger charge is -2.33. The second-order valence-corrected chi connectivity index (χ2v) is 7.33. The van der Waals surface area contributed by atoms with Crippen molar-refractivity contribution in [3.63, 3.8) is 0 Å². The number of rotatable bonds is 3. The SMILES string of the molecule is Cc1nnc(SC2CC(C)CCC2CN)s1. The molecule has 1 heterocycles. The van der Waals surface area contributed by atoms with Gasteiger partial charge < -0.3 is 5.73 Å². The first kappa shape index (κ1) is 12.3. The molecular weight excluding hydrogens is 238 g/mol. The molecule has 3 nitrogen and oxygen atoms in total. The molecule has 0 aliphatic heterocycles. The first-order valence-electron chi connectivity index (χ1n) is 5.86. The predicted molar refractivity (Wildman–Crippen MR) is 69.9 cm³/mol. The van der Waals surface area contributed by atoms with E-state index in [9.17, 15) is 0 Å². The normalized spacial score (nSPS) is 30.6. The maximum Gasteiger partial charge on any atom is 0.174 e. The van der Waals surface area contributed by atoms with Gasteiger partial charge in [0.15, 0.2) is 4.34 Å². The summed E-state index contributed by atoms with van der Waals surface area (Å²) in [6.45, 7) is 5.15. The molecule has 0 spiro atoms. The van der Waals surface area contributed by atoms with Crippen molar-refractivity contribution in [3.05, 3.63) is 5.01 Å². The van der Waals surface area contributed by atoms with Crippen LogP contribution >= 0.6 is 23.1 Å². The van der Waals surface area contributed by atoms with Crippen LogP contribution in [0.15, 0.2) is 4.34 Å². The molecule has 1 aliphatic carbocycles. The third kappa shape index (κ3) is 2.96. The Hall–Kier alpha value is -0.130. The van der Waals surface area contributed by atoms with Crippen molar-refractivity contribution in [2.24, 2.45) is 17.6 Å². The number of nitrogens with two attached hydrogens (primary N) is 1. The van der Waals surface area contributed by atoms with E-state index in [-0.39, 0.29) is 0 Å². The third-order valence-corrected chi connectivity index (χ3v) is 5.59. The van der Waals surface area contributed by atoms with E-state index in [4.69, 9.17) is 5.73 Å². The minimum Gasteiger partial charge on any atom is -0.330 e. The largest absolute Gasteiger partial charge is 0.330 e. The van der Waals surface area contributed by atoms with Crippen LogP contribution in [-0.4, -0.2) is 22.0 Å². The standard InChI is InChI=1S/C11H19N3S2/c1-7-3-4-9(6-12)10(5-7)16-11-14-13-8(2)15-11/h7,9-10H,3-6,12H2,1-2H3. The zero-order chi connectivity index (χ0) is 11.5. The van der Waals surface area contributed by atoms with Gasteiger partial charge in [-0.15, -0.1) is 10.2 Å². The highest BCUT2D eigenvalue weighted by atomic mass is 32.2. The molecule has 0 radical (unpaired) electrons. The molecule has 0 amide bonds. The zero-order valence-electron chi connectivity index (χ0n) is 9.85. The van der Waals surface area contributed by atoms with Gasteiger partial charge in [-0.1, -0.05) is 36.4 Å². The highest BCUT2D eigenvalue weighted by Gasteiger charge is 2.29. The molecule has 0 bridgehead atoms. The highest BCUT2D eigenvalue weighted by Crippen LogP contribution is 2.40. The third-order valence-electron chi connectivity index (χ3n) is 3.25. The van der Waals surface area contributed by atoms with E-state index in [0.29, 0.717) is 11.2 Å². The lowest BCUT2D eigenvalue weighted by Crippen LogP contribution is -2.31. The molecule has 0 aromatic carbocycles. The maximum absolute atomic E-state index is 5.85. The number of thioether (sulfide) groups is 1. The van der Waals surface area contributed by atoms with Crippen LogP contribution in [0.5, 0.6) is 0 Å². The number of aromatic nitrogens is 2. The number of aryl methyl sites for hydroxylation is 1. The quantitative estimate of drug-likeness (QED) is 0.904. The van der Waals surface area contributed by atoms with Crippen LogP contribution in [0.25, 0.3) is 0 Å². The van der Waals surface area contributed by atoms with E-state index in [2.05, 4.69) is 17.1 Å². The molecule has 90 valence electrons. The fourth-order valence-corrected chi connectivity index (χ4v) is 4.81. The number of hydrogen-bond acceptors (Lipinski definition) is 5. The Kier molecular flexibility index (Phi) is 4.21. The van der Waals surface area contributed by atoms with E-state index in [1.165, 1.54) is 19.3 Å². The van der Waals surface area contributed by atoms with Crippen LogP contribution in [0.4, 0.5) is 0 Å². The van der Waals surface area contributed by atoms with Gasteiger partial charge in [-0.05, 0) is 38.1 Å². The Labute approximate surface area is 105 Å². The van der Waals surface area contributed by atoms with E-state index in [1.807, 2.05) is 18.7 Å². The molecule has 1 fully saturated rings. The van der Waals surface area contributed by atoms with Crippen molar-refractivity contribution in [2.45, 2.75) is 42.7 Å². The van der Waals surface area contributed by atoms with Crippen LogP contribution in [-0.2, 0) is 0 Å². The lowest BCUT2D eigenvalue weighted by atomic mass is 9.82. The summed E-state index contributed by atoms with van der Waals surface area (Å²) in [5, 5.41) is 9.95. The molecule has 0 saturated heterocycles. The van der Waals surface area contributed by atoms with E-state index in [1.54, 1.807) is 11.3 Å². The van der Waals surface area contributed by atoms with Crippen LogP contribution in [0.1, 0.15) is 31.2 Å². The molecule has 3 unspecified atom stereocenters. The Morgan fingerprint density at radius 1 is 1.44 bits per heavy atom. The van der Waals surface area contributed by atoms with Crippen molar-refractivity contribution in [2.75, 3.05) is 6.54 Å². The summed E-state index contributed by atoms with van der Waals surface area (Å²) < 4.78 is 1.11. The van der Waals surface area contributed by atoms with Crippen LogP contribution in [0.2, 0.25) is 0 Å². The summed E-state index contributed by atoms with van der Waals surface area (Å²) in [6, 6.07) is 0. The zero-order valence-corrected chi connectivity index (χ0v) is 11.5. The van der Waals surface area contributed by atoms with Crippen molar-refractivity contribution < 1.29 is 0 Å². The van der Waals surface area contributed by atoms with Gasteiger partial charge >= 0.3 is 0 Å². The minimum absolute atomic E-state index is 0.640. The summed E-state index contributed by atoms with van der Waals surface area (Å²) in [5.41, 5.74) is 5.85. The van der Waals surface area contributed by atoms with Crippen molar-refractivity contribution in [1.82, 2.24) is 10.2 Å². The van der Waals surface area contributed by atoms with Gasteiger partial charge in [0.2, 0.25) is 0 Å². The maximum atomic E-state index is 5.85. The fourth-order valence-electron chi connectivity index (χ4n) is 2.26. The smallest absolute Gasteiger partial charge is 0.174 e. The molecule has 1 aromatic rings. The second kappa shape index (κ2) is 5.47. The summed E-state index contributed by atoms with van der Waals surface area (Å²) >= 11 is 3.58. The Bertz CT molecular complexity index is 340. The van der Waals surface area contributed by atoms with Gasteiger partial charge in [0.1, 0.15) is 5.01 Å². The van der Waals surface area contributed by atoms with Gasteiger partial charge in [0.25, 0.3) is 0 Å². The van der Waals surface area contributed by atoms with Gasteiger partial charge in [-0.3, -0.25) is 0 Å². The number of nitrogens with zero attached hydrogens (tertiary/aromatic N) is 2. The number of hydrogen-bond donors (Lipinski definition) is 1. The van der Waals surface area contributed by atoms with E-state index >= 15 is 0 Å². The van der Waals surface area contributed by atoms with Crippen LogP contribution in [0, 0.1) is 18.8 Å². The van der Waals surface area contributed by atoms with Crippen LogP contribution in [0.3, 0.4) is 0 Å². The molecule has 1 saturated carbocycles. The van der Waals surface area contributed by atoms with E-state index < -0.39 is 0 Å². The molecule has 5 heteroatoms. The summed E-state index contributed by atoms with van der Waals surface area (Å²) in [7, 11) is 0. The monoisotopic (exact) mass is 257 g/mol. The van der Waals surface area contributed by atoms with Crippen LogP contribution < -0.4 is 5.73 Å². The second-order valence-electron chi connectivity index (χ2n) is 4.66. The van der Waals surface area contributed by atoms with Gasteiger partial charge in [-0.25, -0.2) is 0 Å². The van der Waals surface area contributed by atoms with Gasteiger partial charge in [0.05, 0.1) is 0 Å². The average Bonchev–Trinajstić information content (AvgIpc) is 2.64. The van der Waals surface area contributed by atoms with Gasteiger partial charge in [-0.2, -0.15) is 0 Å². The topological polar surface area (TPSA) is 51.8 Å². The fraction of sp³-hybridized carbons (Fsp3) is 0.818. The first-order valence-corrected chi connectivity index (χ1v) is 7.55. The summed E-state index contributed by atoms with van der Waals surface area (Å²) in [6.07, 6.45) is 3.87. The Balaban J connectivity index is 2.00. The first-order chi connectivity index (χ1) is 7.69. The Morgan fingerprint density at radius 3 is 2.88 bits per heavy atom. The molecule has 2 N–H and O–H groups in total. The molecule has 2 rings (SSSR count). The molecule has 3 atom stereocenters. The van der Waals surface area contributed by atoms with Gasteiger partial charge in [0, 0.05) is 5.25 Å². The minimum atomic E-state index is 0.640. The Morgan fingerprint density at radius 2 is 2.25 bits per heavy atom. The molecule has 1 aromatic heterocycles. The van der Waals surface area contributed by atoms with Crippen molar-refractivity contribution >= 4 is 23.1 Å². The predicted octanol–water partition coefficient (Wildman–Crippen LogP) is 2.70. The van der Waals surface area contributed by atoms with Crippen molar-refractivity contribution in [3.8, 4) is 0 Å². The molecule has 16 heavy (non-hydrogen) atoms. The lowest BCUT2D eigenvalue weighted by molar-refractivity contribution is 0.306. The summed E-state index contributed by atoms with van der Waals surface area (Å²) in [4.78, 5) is 0. The highest BCUT2D eigenvalue weighted by molar-refractivity contribution is 8.01. The van der Waals surface area contributed by atoms with Crippen molar-refractivity contribution in [1.29, 1.82) is 0 Å². The van der Waals surface area contributed by atoms with E-state index in [0.717, 1.165) is 21.8 Å².